The Hall–Kier alpha value is -2.23. The highest BCUT2D eigenvalue weighted by Gasteiger charge is 2.23. The Bertz CT molecular complexity index is 633. The molecule has 110 valence electrons. The maximum absolute atomic E-state index is 11.9. The molecule has 3 rings (SSSR count). The Kier molecular flexibility index (Phi) is 3.95. The number of carbonyl (C=O) groups excluding carboxylic acids is 1. The molecule has 1 amide bonds. The molecule has 1 saturated heterocycles. The molecule has 0 radical (unpaired) electrons. The molecule has 1 aliphatic rings. The van der Waals surface area contributed by atoms with Gasteiger partial charge in [0, 0.05) is 19.4 Å². The molecule has 0 saturated carbocycles. The molecular weight excluding hydrogens is 264 g/mol. The fraction of sp³-hybridized carbons (Fsp3) is 0.353. The van der Waals surface area contributed by atoms with Gasteiger partial charge in [0.2, 0.25) is 5.91 Å². The van der Waals surface area contributed by atoms with E-state index in [0.717, 1.165) is 42.3 Å². The van der Waals surface area contributed by atoms with Crippen molar-refractivity contribution in [3.63, 3.8) is 0 Å². The molecule has 4 nitrogen and oxygen atoms in total. The first-order valence-corrected chi connectivity index (χ1v) is 7.49. The lowest BCUT2D eigenvalue weighted by Gasteiger charge is -2.20. The van der Waals surface area contributed by atoms with E-state index in [9.17, 15) is 4.79 Å². The van der Waals surface area contributed by atoms with Gasteiger partial charge in [0.25, 0.3) is 0 Å². The Morgan fingerprint density at radius 2 is 2.00 bits per heavy atom. The first kappa shape index (κ1) is 13.7. The van der Waals surface area contributed by atoms with Crippen LogP contribution in [0.4, 0.5) is 11.4 Å². The maximum atomic E-state index is 11.9. The second-order valence-electron chi connectivity index (χ2n) is 5.24. The van der Waals surface area contributed by atoms with Crippen LogP contribution in [-0.4, -0.2) is 12.5 Å². The van der Waals surface area contributed by atoms with Gasteiger partial charge in [0.1, 0.15) is 11.5 Å². The number of carbonyl (C=O) groups is 1. The number of hydrogen-bond acceptors (Lipinski definition) is 3. The van der Waals surface area contributed by atoms with Crippen LogP contribution in [0.3, 0.4) is 0 Å². The molecule has 2 heterocycles. The molecule has 0 atom stereocenters. The molecule has 2 aromatic rings. The van der Waals surface area contributed by atoms with E-state index < -0.39 is 0 Å². The van der Waals surface area contributed by atoms with E-state index in [1.165, 1.54) is 0 Å². The van der Waals surface area contributed by atoms with Crippen molar-refractivity contribution < 1.29 is 9.21 Å². The average molecular weight is 284 g/mol. The van der Waals surface area contributed by atoms with E-state index in [4.69, 9.17) is 4.42 Å². The minimum Gasteiger partial charge on any atom is -0.464 e. The van der Waals surface area contributed by atoms with Gasteiger partial charge in [-0.05, 0) is 30.7 Å². The van der Waals surface area contributed by atoms with Crippen LogP contribution in [-0.2, 0) is 17.8 Å². The molecule has 1 aliphatic heterocycles. The summed E-state index contributed by atoms with van der Waals surface area (Å²) < 4.78 is 5.70. The number of aryl methyl sites for hydroxylation is 1. The minimum absolute atomic E-state index is 0.204. The summed E-state index contributed by atoms with van der Waals surface area (Å²) in [6, 6.07) is 11.9. The van der Waals surface area contributed by atoms with E-state index >= 15 is 0 Å². The highest BCUT2D eigenvalue weighted by molar-refractivity contribution is 5.98. The minimum atomic E-state index is 0.204. The standard InChI is InChI=1S/C17H20N2O2/c1-2-13-9-10-14(21-13)12-18-15-6-3-4-7-16(15)19-11-5-8-17(19)20/h3-4,6-7,9-10,18H,2,5,8,11-12H2,1H3. The Balaban J connectivity index is 1.74. The summed E-state index contributed by atoms with van der Waals surface area (Å²) in [7, 11) is 0. The second kappa shape index (κ2) is 6.04. The molecule has 0 unspecified atom stereocenters. The van der Waals surface area contributed by atoms with Gasteiger partial charge in [0.15, 0.2) is 0 Å². The lowest BCUT2D eigenvalue weighted by atomic mass is 10.2. The SMILES string of the molecule is CCc1ccc(CNc2ccccc2N2CCCC2=O)o1. The van der Waals surface area contributed by atoms with Crippen LogP contribution in [0.1, 0.15) is 31.3 Å². The van der Waals surface area contributed by atoms with Crippen LogP contribution in [0.5, 0.6) is 0 Å². The first-order chi connectivity index (χ1) is 10.3. The van der Waals surface area contributed by atoms with E-state index in [-0.39, 0.29) is 5.91 Å². The molecule has 0 bridgehead atoms. The quantitative estimate of drug-likeness (QED) is 0.912. The van der Waals surface area contributed by atoms with Crippen LogP contribution in [0.25, 0.3) is 0 Å². The summed E-state index contributed by atoms with van der Waals surface area (Å²) in [5.74, 6) is 2.11. The predicted octanol–water partition coefficient (Wildman–Crippen LogP) is 3.58. The highest BCUT2D eigenvalue weighted by Crippen LogP contribution is 2.29. The van der Waals surface area contributed by atoms with Crippen molar-refractivity contribution in [2.75, 3.05) is 16.8 Å². The van der Waals surface area contributed by atoms with Crippen molar-refractivity contribution in [3.05, 3.63) is 47.9 Å². The summed E-state index contributed by atoms with van der Waals surface area (Å²) in [6.45, 7) is 3.50. The number of benzene rings is 1. The molecule has 1 N–H and O–H groups in total. The van der Waals surface area contributed by atoms with E-state index in [0.29, 0.717) is 13.0 Å². The topological polar surface area (TPSA) is 45.5 Å². The summed E-state index contributed by atoms with van der Waals surface area (Å²) in [4.78, 5) is 13.8. The number of rotatable bonds is 5. The molecular formula is C17H20N2O2. The van der Waals surface area contributed by atoms with Gasteiger partial charge in [-0.3, -0.25) is 4.79 Å². The number of furan rings is 1. The Morgan fingerprint density at radius 1 is 1.19 bits per heavy atom. The third-order valence-electron chi connectivity index (χ3n) is 3.79. The van der Waals surface area contributed by atoms with Gasteiger partial charge in [-0.25, -0.2) is 0 Å². The Morgan fingerprint density at radius 3 is 2.71 bits per heavy atom. The monoisotopic (exact) mass is 284 g/mol. The van der Waals surface area contributed by atoms with Gasteiger partial charge in [-0.1, -0.05) is 19.1 Å². The second-order valence-corrected chi connectivity index (χ2v) is 5.24. The predicted molar refractivity (Wildman–Crippen MR) is 83.4 cm³/mol. The molecule has 1 aromatic carbocycles. The van der Waals surface area contributed by atoms with Crippen molar-refractivity contribution in [3.8, 4) is 0 Å². The number of para-hydroxylation sites is 2. The maximum Gasteiger partial charge on any atom is 0.227 e. The lowest BCUT2D eigenvalue weighted by molar-refractivity contribution is -0.117. The van der Waals surface area contributed by atoms with Gasteiger partial charge in [-0.15, -0.1) is 0 Å². The third-order valence-corrected chi connectivity index (χ3v) is 3.79. The van der Waals surface area contributed by atoms with Crippen molar-refractivity contribution in [2.45, 2.75) is 32.7 Å². The zero-order valence-electron chi connectivity index (χ0n) is 12.3. The molecule has 4 heteroatoms. The molecule has 1 aromatic heterocycles. The molecule has 0 spiro atoms. The van der Waals surface area contributed by atoms with Crippen LogP contribution in [0.2, 0.25) is 0 Å². The summed E-state index contributed by atoms with van der Waals surface area (Å²) >= 11 is 0. The van der Waals surface area contributed by atoms with Crippen molar-refractivity contribution >= 4 is 17.3 Å². The largest absolute Gasteiger partial charge is 0.464 e. The lowest BCUT2D eigenvalue weighted by Crippen LogP contribution is -2.24. The number of hydrogen-bond donors (Lipinski definition) is 1. The van der Waals surface area contributed by atoms with Crippen molar-refractivity contribution in [1.29, 1.82) is 0 Å². The molecule has 0 aliphatic carbocycles. The van der Waals surface area contributed by atoms with Crippen LogP contribution in [0.15, 0.2) is 40.8 Å². The van der Waals surface area contributed by atoms with Crippen LogP contribution < -0.4 is 10.2 Å². The van der Waals surface area contributed by atoms with Crippen molar-refractivity contribution in [2.24, 2.45) is 0 Å². The zero-order valence-corrected chi connectivity index (χ0v) is 12.3. The third kappa shape index (κ3) is 2.94. The summed E-state index contributed by atoms with van der Waals surface area (Å²) in [5, 5.41) is 3.38. The fourth-order valence-electron chi connectivity index (χ4n) is 2.65. The highest BCUT2D eigenvalue weighted by atomic mass is 16.3. The number of nitrogens with one attached hydrogen (secondary N) is 1. The van der Waals surface area contributed by atoms with Crippen molar-refractivity contribution in [1.82, 2.24) is 0 Å². The van der Waals surface area contributed by atoms with Crippen LogP contribution in [0, 0.1) is 0 Å². The van der Waals surface area contributed by atoms with Crippen LogP contribution >= 0.6 is 0 Å². The number of anilines is 2. The van der Waals surface area contributed by atoms with E-state index in [1.807, 2.05) is 41.3 Å². The smallest absolute Gasteiger partial charge is 0.227 e. The van der Waals surface area contributed by atoms with Gasteiger partial charge in [0.05, 0.1) is 17.9 Å². The first-order valence-electron chi connectivity index (χ1n) is 7.49. The molecule has 21 heavy (non-hydrogen) atoms. The fourth-order valence-corrected chi connectivity index (χ4v) is 2.65. The van der Waals surface area contributed by atoms with Gasteiger partial charge >= 0.3 is 0 Å². The van der Waals surface area contributed by atoms with E-state index in [1.54, 1.807) is 0 Å². The summed E-state index contributed by atoms with van der Waals surface area (Å²) in [5.41, 5.74) is 1.93. The van der Waals surface area contributed by atoms with Gasteiger partial charge < -0.3 is 14.6 Å². The average Bonchev–Trinajstić information content (AvgIpc) is 3.14. The zero-order chi connectivity index (χ0) is 14.7. The molecule has 1 fully saturated rings. The van der Waals surface area contributed by atoms with E-state index in [2.05, 4.69) is 12.2 Å². The number of amides is 1. The normalized spacial score (nSPS) is 14.7. The Labute approximate surface area is 124 Å². The summed E-state index contributed by atoms with van der Waals surface area (Å²) in [6.07, 6.45) is 2.48. The van der Waals surface area contributed by atoms with Gasteiger partial charge in [-0.2, -0.15) is 0 Å². The number of nitrogens with zero attached hydrogens (tertiary/aromatic N) is 1.